The van der Waals surface area contributed by atoms with Crippen LogP contribution in [0.4, 0.5) is 0 Å². The molecule has 0 bridgehead atoms. The van der Waals surface area contributed by atoms with Gasteiger partial charge in [0.1, 0.15) is 0 Å². The summed E-state index contributed by atoms with van der Waals surface area (Å²) in [7, 11) is 2.92. The summed E-state index contributed by atoms with van der Waals surface area (Å²) in [6, 6.07) is 4.22. The normalized spacial score (nSPS) is 12.2. The summed E-state index contributed by atoms with van der Waals surface area (Å²) in [5.74, 6) is -0.364. The zero-order valence-electron chi connectivity index (χ0n) is 11.9. The quantitative estimate of drug-likeness (QED) is 0.864. The summed E-state index contributed by atoms with van der Waals surface area (Å²) >= 11 is 0. The molecule has 1 aromatic rings. The lowest BCUT2D eigenvalue weighted by Gasteiger charge is -2.21. The van der Waals surface area contributed by atoms with E-state index in [4.69, 9.17) is 15.4 Å². The largest absolute Gasteiger partial charge is 0.380 e. The summed E-state index contributed by atoms with van der Waals surface area (Å²) in [5.41, 5.74) is 0.371. The molecule has 0 heterocycles. The summed E-state index contributed by atoms with van der Waals surface area (Å²) in [4.78, 5) is 12.0. The van der Waals surface area contributed by atoms with Crippen LogP contribution < -0.4 is 5.32 Å². The molecule has 112 valence electrons. The maximum atomic E-state index is 12.1. The summed E-state index contributed by atoms with van der Waals surface area (Å²) in [6.45, 7) is 5.70. The average molecular weight is 320 g/mol. The van der Waals surface area contributed by atoms with Crippen LogP contribution in [0, 0.1) is 0 Å². The second kappa shape index (κ2) is 6.11. The summed E-state index contributed by atoms with van der Waals surface area (Å²) < 4.78 is 27.8. The zero-order valence-corrected chi connectivity index (χ0v) is 13.4. The molecule has 0 spiro atoms. The van der Waals surface area contributed by atoms with Gasteiger partial charge >= 0.3 is 0 Å². The Morgan fingerprint density at radius 2 is 1.90 bits per heavy atom. The number of rotatable bonds is 4. The molecule has 1 rings (SSSR count). The van der Waals surface area contributed by atoms with Crippen molar-refractivity contribution >= 4 is 25.6 Å². The smallest absolute Gasteiger partial charge is 0.261 e. The fraction of sp³-hybridized carbons (Fsp3) is 0.462. The highest BCUT2D eigenvalue weighted by Gasteiger charge is 2.19. The van der Waals surface area contributed by atoms with Crippen molar-refractivity contribution in [1.82, 2.24) is 5.32 Å². The van der Waals surface area contributed by atoms with E-state index in [2.05, 4.69) is 5.32 Å². The molecule has 1 N–H and O–H groups in total. The highest BCUT2D eigenvalue weighted by molar-refractivity contribution is 8.13. The number of carbonyl (C=O) groups is 1. The third-order valence-corrected chi connectivity index (χ3v) is 3.64. The number of halogens is 1. The molecule has 0 aromatic heterocycles. The fourth-order valence-electron chi connectivity index (χ4n) is 1.60. The van der Waals surface area contributed by atoms with Crippen molar-refractivity contribution in [1.29, 1.82) is 0 Å². The molecular formula is C13H18ClNO4S. The molecule has 0 aliphatic carbocycles. The average Bonchev–Trinajstić information content (AvgIpc) is 2.25. The topological polar surface area (TPSA) is 72.5 Å². The molecule has 0 fully saturated rings. The first kappa shape index (κ1) is 16.9. The van der Waals surface area contributed by atoms with E-state index < -0.39 is 14.6 Å². The van der Waals surface area contributed by atoms with Gasteiger partial charge in [-0.3, -0.25) is 4.79 Å². The molecule has 0 aliphatic heterocycles. The van der Waals surface area contributed by atoms with Gasteiger partial charge in [0.15, 0.2) is 0 Å². The maximum Gasteiger partial charge on any atom is 0.261 e. The van der Waals surface area contributed by atoms with Crippen molar-refractivity contribution in [2.24, 2.45) is 0 Å². The Kier molecular flexibility index (Phi) is 5.18. The van der Waals surface area contributed by atoms with Gasteiger partial charge in [-0.1, -0.05) is 0 Å². The van der Waals surface area contributed by atoms with Crippen molar-refractivity contribution < 1.29 is 17.9 Å². The molecule has 5 nitrogen and oxygen atoms in total. The molecule has 1 amide bonds. The van der Waals surface area contributed by atoms with Gasteiger partial charge in [-0.25, -0.2) is 8.42 Å². The molecule has 0 radical (unpaired) electrons. The van der Waals surface area contributed by atoms with E-state index in [1.165, 1.54) is 19.2 Å². The number of methoxy groups -OCH3 is 1. The van der Waals surface area contributed by atoms with Crippen molar-refractivity contribution in [2.75, 3.05) is 7.11 Å². The van der Waals surface area contributed by atoms with E-state index in [0.29, 0.717) is 5.56 Å². The van der Waals surface area contributed by atoms with E-state index >= 15 is 0 Å². The number of benzene rings is 1. The van der Waals surface area contributed by atoms with Crippen molar-refractivity contribution in [3.63, 3.8) is 0 Å². The minimum Gasteiger partial charge on any atom is -0.380 e. The van der Waals surface area contributed by atoms with E-state index in [-0.39, 0.29) is 23.0 Å². The first-order chi connectivity index (χ1) is 9.03. The van der Waals surface area contributed by atoms with E-state index in [9.17, 15) is 13.2 Å². The highest BCUT2D eigenvalue weighted by Crippen LogP contribution is 2.20. The second-order valence-electron chi connectivity index (χ2n) is 5.44. The molecular weight excluding hydrogens is 302 g/mol. The lowest BCUT2D eigenvalue weighted by atomic mass is 10.1. The number of amides is 1. The van der Waals surface area contributed by atoms with Crippen molar-refractivity contribution in [3.05, 3.63) is 29.3 Å². The molecule has 7 heteroatoms. The Labute approximate surface area is 123 Å². The van der Waals surface area contributed by atoms with Crippen LogP contribution in [-0.2, 0) is 20.4 Å². The molecule has 0 aliphatic rings. The van der Waals surface area contributed by atoms with Gasteiger partial charge in [0.25, 0.3) is 15.0 Å². The van der Waals surface area contributed by atoms with Gasteiger partial charge in [0, 0.05) is 28.9 Å². The monoisotopic (exact) mass is 319 g/mol. The van der Waals surface area contributed by atoms with Gasteiger partial charge in [-0.2, -0.15) is 0 Å². The standard InChI is InChI=1S/C13H18ClNO4S/c1-13(2,3)15-12(16)10-5-9(8-19-4)6-11(7-10)20(14,17)18/h5-7H,8H2,1-4H3,(H,15,16). The van der Waals surface area contributed by atoms with Crippen molar-refractivity contribution in [3.8, 4) is 0 Å². The Balaban J connectivity index is 3.25. The van der Waals surface area contributed by atoms with Gasteiger partial charge in [0.2, 0.25) is 0 Å². The highest BCUT2D eigenvalue weighted by atomic mass is 35.7. The molecule has 20 heavy (non-hydrogen) atoms. The minimum absolute atomic E-state index is 0.118. The third-order valence-electron chi connectivity index (χ3n) is 2.31. The van der Waals surface area contributed by atoms with Gasteiger partial charge < -0.3 is 10.1 Å². The predicted molar refractivity (Wildman–Crippen MR) is 77.4 cm³/mol. The van der Waals surface area contributed by atoms with Crippen LogP contribution in [0.2, 0.25) is 0 Å². The Hall–Kier alpha value is -1.11. The number of ether oxygens (including phenoxy) is 1. The van der Waals surface area contributed by atoms with Crippen LogP contribution in [0.5, 0.6) is 0 Å². The number of hydrogen-bond acceptors (Lipinski definition) is 4. The van der Waals surface area contributed by atoms with Crippen LogP contribution in [0.15, 0.2) is 23.1 Å². The van der Waals surface area contributed by atoms with Gasteiger partial charge in [0.05, 0.1) is 11.5 Å². The summed E-state index contributed by atoms with van der Waals surface area (Å²) in [5, 5.41) is 2.77. The van der Waals surface area contributed by atoms with Crippen LogP contribution in [0.25, 0.3) is 0 Å². The Morgan fingerprint density at radius 3 is 2.35 bits per heavy atom. The van der Waals surface area contributed by atoms with E-state index in [0.717, 1.165) is 0 Å². The number of hydrogen-bond donors (Lipinski definition) is 1. The number of nitrogens with one attached hydrogen (secondary N) is 1. The Morgan fingerprint density at radius 1 is 1.30 bits per heavy atom. The van der Waals surface area contributed by atoms with Crippen LogP contribution >= 0.6 is 10.7 Å². The van der Waals surface area contributed by atoms with Crippen LogP contribution in [0.3, 0.4) is 0 Å². The summed E-state index contributed by atoms with van der Waals surface area (Å²) in [6.07, 6.45) is 0. The lowest BCUT2D eigenvalue weighted by Crippen LogP contribution is -2.40. The van der Waals surface area contributed by atoms with Crippen molar-refractivity contribution in [2.45, 2.75) is 37.8 Å². The zero-order chi connectivity index (χ0) is 15.6. The first-order valence-electron chi connectivity index (χ1n) is 5.93. The first-order valence-corrected chi connectivity index (χ1v) is 8.24. The maximum absolute atomic E-state index is 12.1. The predicted octanol–water partition coefficient (Wildman–Crippen LogP) is 2.29. The fourth-order valence-corrected chi connectivity index (χ4v) is 2.42. The third kappa shape index (κ3) is 5.11. The molecule has 1 aromatic carbocycles. The second-order valence-corrected chi connectivity index (χ2v) is 8.01. The molecule has 0 saturated carbocycles. The number of carbonyl (C=O) groups excluding carboxylic acids is 1. The Bertz CT molecular complexity index is 605. The minimum atomic E-state index is -3.91. The lowest BCUT2D eigenvalue weighted by molar-refractivity contribution is 0.0919. The SMILES string of the molecule is COCc1cc(C(=O)NC(C)(C)C)cc(S(=O)(=O)Cl)c1. The van der Waals surface area contributed by atoms with E-state index in [1.807, 2.05) is 20.8 Å². The molecule has 0 saturated heterocycles. The molecule has 0 atom stereocenters. The van der Waals surface area contributed by atoms with Crippen LogP contribution in [-0.4, -0.2) is 27.0 Å². The van der Waals surface area contributed by atoms with Gasteiger partial charge in [-0.15, -0.1) is 0 Å². The van der Waals surface area contributed by atoms with E-state index in [1.54, 1.807) is 6.07 Å². The van der Waals surface area contributed by atoms with Crippen LogP contribution in [0.1, 0.15) is 36.7 Å². The van der Waals surface area contributed by atoms with Gasteiger partial charge in [-0.05, 0) is 44.5 Å². The molecule has 0 unspecified atom stereocenters.